The number of carboxylic acids is 1. The van der Waals surface area contributed by atoms with Crippen molar-refractivity contribution in [3.63, 3.8) is 0 Å². The summed E-state index contributed by atoms with van der Waals surface area (Å²) in [4.78, 5) is 22.6. The lowest BCUT2D eigenvalue weighted by Gasteiger charge is -2.24. The van der Waals surface area contributed by atoms with E-state index in [0.29, 0.717) is 23.0 Å². The van der Waals surface area contributed by atoms with Crippen LogP contribution in [0.3, 0.4) is 0 Å². The lowest BCUT2D eigenvalue weighted by molar-refractivity contribution is -0.307. The Labute approximate surface area is 155 Å². The fourth-order valence-electron chi connectivity index (χ4n) is 2.36. The van der Waals surface area contributed by atoms with Gasteiger partial charge in [0, 0.05) is 0 Å². The van der Waals surface area contributed by atoms with E-state index in [2.05, 4.69) is 10.5 Å². The van der Waals surface area contributed by atoms with Crippen LogP contribution in [0.25, 0.3) is 0 Å². The Hall–Kier alpha value is -3.55. The van der Waals surface area contributed by atoms with Crippen molar-refractivity contribution in [3.05, 3.63) is 54.1 Å². The van der Waals surface area contributed by atoms with Crippen molar-refractivity contribution < 1.29 is 28.9 Å². The van der Waals surface area contributed by atoms with Gasteiger partial charge >= 0.3 is 0 Å². The molecule has 3 rings (SSSR count). The summed E-state index contributed by atoms with van der Waals surface area (Å²) in [6.45, 7) is 1.31. The van der Waals surface area contributed by atoms with Crippen LogP contribution in [0.4, 0.5) is 0 Å². The number of nitrogens with one attached hydrogen (secondary N) is 1. The fraction of sp³-hybridized carbons (Fsp3) is 0.211. The molecule has 0 radical (unpaired) electrons. The minimum absolute atomic E-state index is 0.0991. The summed E-state index contributed by atoms with van der Waals surface area (Å²) in [7, 11) is 0. The van der Waals surface area contributed by atoms with Gasteiger partial charge in [0.2, 0.25) is 6.10 Å². The second-order valence-corrected chi connectivity index (χ2v) is 5.72. The molecule has 0 aliphatic carbocycles. The van der Waals surface area contributed by atoms with Crippen LogP contribution in [0.5, 0.6) is 17.2 Å². The Morgan fingerprint density at radius 1 is 1.19 bits per heavy atom. The number of aliphatic carboxylic acids is 1. The second-order valence-electron chi connectivity index (χ2n) is 5.72. The van der Waals surface area contributed by atoms with E-state index in [1.54, 1.807) is 49.4 Å². The Morgan fingerprint density at radius 2 is 1.89 bits per heavy atom. The Kier molecular flexibility index (Phi) is 5.55. The number of carbonyl (C=O) groups excluding carboxylic acids is 2. The quantitative estimate of drug-likeness (QED) is 0.586. The maximum absolute atomic E-state index is 12.2. The van der Waals surface area contributed by atoms with Gasteiger partial charge in [0.15, 0.2) is 11.5 Å². The van der Waals surface area contributed by atoms with E-state index < -0.39 is 24.6 Å². The van der Waals surface area contributed by atoms with Crippen LogP contribution in [0, 0.1) is 0 Å². The van der Waals surface area contributed by atoms with Crippen LogP contribution in [0.1, 0.15) is 12.5 Å². The van der Waals surface area contributed by atoms with Gasteiger partial charge in [0.25, 0.3) is 5.91 Å². The first-order valence-corrected chi connectivity index (χ1v) is 8.18. The zero-order valence-corrected chi connectivity index (χ0v) is 14.5. The largest absolute Gasteiger partial charge is 0.546 e. The van der Waals surface area contributed by atoms with Crippen molar-refractivity contribution in [1.82, 2.24) is 5.43 Å². The standard InChI is InChI=1S/C19H18N2O6/c1-12(13-6-8-14(9-7-13)25-11-18(22)23)20-21-19(24)17-10-26-15-4-2-3-5-16(15)27-17/h2-9,17H,10-11H2,1H3,(H,21,24)(H,22,23)/p-1/b20-12-/t17-/m1/s1. The van der Waals surface area contributed by atoms with Crippen LogP contribution in [0.15, 0.2) is 53.6 Å². The number of nitrogens with zero attached hydrogens (tertiary/aromatic N) is 1. The summed E-state index contributed by atoms with van der Waals surface area (Å²) in [5.41, 5.74) is 3.76. The topological polar surface area (TPSA) is 109 Å². The minimum atomic E-state index is -1.30. The van der Waals surface area contributed by atoms with E-state index in [-0.39, 0.29) is 6.61 Å². The molecule has 0 unspecified atom stereocenters. The third kappa shape index (κ3) is 4.75. The Morgan fingerprint density at radius 3 is 2.59 bits per heavy atom. The van der Waals surface area contributed by atoms with Crippen LogP contribution < -0.4 is 24.7 Å². The molecule has 2 aromatic rings. The summed E-state index contributed by atoms with van der Waals surface area (Å²) in [5, 5.41) is 14.4. The van der Waals surface area contributed by atoms with Crippen molar-refractivity contribution >= 4 is 17.6 Å². The summed E-state index contributed by atoms with van der Waals surface area (Å²) >= 11 is 0. The lowest BCUT2D eigenvalue weighted by Crippen LogP contribution is -2.42. The predicted molar refractivity (Wildman–Crippen MR) is 93.7 cm³/mol. The van der Waals surface area contributed by atoms with Crippen molar-refractivity contribution in [2.45, 2.75) is 13.0 Å². The third-order valence-electron chi connectivity index (χ3n) is 3.76. The van der Waals surface area contributed by atoms with E-state index in [1.807, 2.05) is 6.07 Å². The van der Waals surface area contributed by atoms with E-state index in [1.165, 1.54) is 0 Å². The molecule has 1 heterocycles. The summed E-state index contributed by atoms with van der Waals surface area (Å²) < 4.78 is 16.1. The minimum Gasteiger partial charge on any atom is -0.546 e. The highest BCUT2D eigenvalue weighted by molar-refractivity contribution is 5.99. The molecule has 0 aromatic heterocycles. The van der Waals surface area contributed by atoms with Crippen LogP contribution in [-0.4, -0.2) is 36.9 Å². The van der Waals surface area contributed by atoms with Gasteiger partial charge in [-0.2, -0.15) is 5.10 Å². The number of ether oxygens (including phenoxy) is 3. The first-order valence-electron chi connectivity index (χ1n) is 8.18. The molecule has 0 saturated carbocycles. The third-order valence-corrected chi connectivity index (χ3v) is 3.76. The van der Waals surface area contributed by atoms with E-state index in [9.17, 15) is 14.7 Å². The molecule has 27 heavy (non-hydrogen) atoms. The molecule has 1 atom stereocenters. The van der Waals surface area contributed by atoms with E-state index in [0.717, 1.165) is 5.56 Å². The van der Waals surface area contributed by atoms with E-state index in [4.69, 9.17) is 14.2 Å². The molecule has 2 aromatic carbocycles. The molecule has 8 nitrogen and oxygen atoms in total. The van der Waals surface area contributed by atoms with E-state index >= 15 is 0 Å². The van der Waals surface area contributed by atoms with Crippen molar-refractivity contribution in [2.24, 2.45) is 5.10 Å². The Balaban J connectivity index is 1.57. The summed E-state index contributed by atoms with van der Waals surface area (Å²) in [5.74, 6) is -0.209. The van der Waals surface area contributed by atoms with Gasteiger partial charge in [-0.1, -0.05) is 12.1 Å². The maximum atomic E-state index is 12.2. The number of hydrogen-bond acceptors (Lipinski definition) is 7. The fourth-order valence-corrected chi connectivity index (χ4v) is 2.36. The number of fused-ring (bicyclic) bond motifs is 1. The smallest absolute Gasteiger partial charge is 0.284 e. The monoisotopic (exact) mass is 369 g/mol. The zero-order chi connectivity index (χ0) is 19.2. The van der Waals surface area contributed by atoms with Crippen molar-refractivity contribution in [2.75, 3.05) is 13.2 Å². The lowest BCUT2D eigenvalue weighted by atomic mass is 10.1. The molecular formula is C19H17N2O6-. The van der Waals surface area contributed by atoms with Crippen LogP contribution in [0.2, 0.25) is 0 Å². The second kappa shape index (κ2) is 8.22. The molecule has 0 bridgehead atoms. The molecule has 1 N–H and O–H groups in total. The summed E-state index contributed by atoms with van der Waals surface area (Å²) in [6.07, 6.45) is -0.795. The van der Waals surface area contributed by atoms with Crippen molar-refractivity contribution in [3.8, 4) is 17.2 Å². The molecule has 1 amide bonds. The number of hydrogen-bond donors (Lipinski definition) is 1. The molecule has 0 fully saturated rings. The first kappa shape index (κ1) is 18.2. The summed E-state index contributed by atoms with van der Waals surface area (Å²) in [6, 6.07) is 13.7. The average molecular weight is 369 g/mol. The van der Waals surface area contributed by atoms with Gasteiger partial charge in [-0.3, -0.25) is 4.79 Å². The molecular weight excluding hydrogens is 352 g/mol. The molecule has 0 saturated heterocycles. The number of rotatable bonds is 6. The number of hydrazone groups is 1. The van der Waals surface area contributed by atoms with Crippen LogP contribution in [-0.2, 0) is 9.59 Å². The average Bonchev–Trinajstić information content (AvgIpc) is 2.70. The molecule has 0 spiro atoms. The van der Waals surface area contributed by atoms with Gasteiger partial charge in [-0.05, 0) is 48.9 Å². The zero-order valence-electron chi connectivity index (χ0n) is 14.5. The van der Waals surface area contributed by atoms with Crippen LogP contribution >= 0.6 is 0 Å². The highest BCUT2D eigenvalue weighted by atomic mass is 16.6. The van der Waals surface area contributed by atoms with Gasteiger partial charge < -0.3 is 24.1 Å². The molecule has 8 heteroatoms. The highest BCUT2D eigenvalue weighted by Gasteiger charge is 2.27. The van der Waals surface area contributed by atoms with Gasteiger partial charge in [-0.15, -0.1) is 0 Å². The first-order chi connectivity index (χ1) is 13.0. The van der Waals surface area contributed by atoms with Gasteiger partial charge in [-0.25, -0.2) is 5.43 Å². The predicted octanol–water partition coefficient (Wildman–Crippen LogP) is 0.495. The Bertz CT molecular complexity index is 863. The van der Waals surface area contributed by atoms with Crippen molar-refractivity contribution in [1.29, 1.82) is 0 Å². The molecule has 140 valence electrons. The number of para-hydroxylation sites is 2. The number of benzene rings is 2. The molecule has 1 aliphatic rings. The van der Waals surface area contributed by atoms with Gasteiger partial charge in [0.05, 0.1) is 11.7 Å². The highest BCUT2D eigenvalue weighted by Crippen LogP contribution is 2.30. The number of carboxylic acid groups (broad SMARTS) is 1. The SMILES string of the molecule is C/C(=N/NC(=O)[C@H]1COc2ccccc2O1)c1ccc(OCC(=O)[O-])cc1. The normalized spacial score (nSPS) is 15.7. The van der Waals surface area contributed by atoms with Gasteiger partial charge in [0.1, 0.15) is 19.0 Å². The maximum Gasteiger partial charge on any atom is 0.284 e. The molecule has 1 aliphatic heterocycles. The number of amides is 1. The number of carbonyl (C=O) groups is 2.